The van der Waals surface area contributed by atoms with Crippen LogP contribution in [0.15, 0.2) is 39.6 Å². The highest BCUT2D eigenvalue weighted by molar-refractivity contribution is 5.79. The maximum Gasteiger partial charge on any atom is 0.438 e. The molecular weight excluding hydrogens is 212 g/mol. The number of nitrogens with one attached hydrogen (secondary N) is 1. The Labute approximate surface area is 89.5 Å². The molecule has 1 heterocycles. The number of rotatable bonds is 3. The third kappa shape index (κ3) is 1.85. The zero-order chi connectivity index (χ0) is 11.5. The smallest absolute Gasteiger partial charge is 0.438 e. The number of hydrogen-bond donors (Lipinski definition) is 2. The molecule has 1 unspecified atom stereocenters. The fourth-order valence-corrected chi connectivity index (χ4v) is 1.43. The highest BCUT2D eigenvalue weighted by atomic mass is 16.5. The van der Waals surface area contributed by atoms with E-state index in [-0.39, 0.29) is 5.82 Å². The molecule has 0 spiro atoms. The van der Waals surface area contributed by atoms with Gasteiger partial charge < -0.3 is 5.11 Å². The molecule has 2 rings (SSSR count). The standard InChI is InChI=1S/C10H8N2O4/c13-9(14)7(6-4-2-1-3-5-6)8-11-10(15)16-12-8/h1-5,7H,(H,13,14)(H,11,12,15). The van der Waals surface area contributed by atoms with Gasteiger partial charge in [0.15, 0.2) is 5.82 Å². The molecule has 2 N–H and O–H groups in total. The van der Waals surface area contributed by atoms with Crippen molar-refractivity contribution < 1.29 is 14.4 Å². The summed E-state index contributed by atoms with van der Waals surface area (Å²) in [5, 5.41) is 12.5. The lowest BCUT2D eigenvalue weighted by molar-refractivity contribution is -0.137. The molecule has 0 saturated heterocycles. The number of aliphatic carboxylic acids is 1. The van der Waals surface area contributed by atoms with Crippen molar-refractivity contribution in [2.24, 2.45) is 0 Å². The Hall–Kier alpha value is -2.37. The molecule has 16 heavy (non-hydrogen) atoms. The average Bonchev–Trinajstić information content (AvgIpc) is 2.66. The molecule has 1 atom stereocenters. The Morgan fingerprint density at radius 3 is 2.56 bits per heavy atom. The molecule has 6 nitrogen and oxygen atoms in total. The highest BCUT2D eigenvalue weighted by Crippen LogP contribution is 2.20. The van der Waals surface area contributed by atoms with E-state index in [2.05, 4.69) is 14.7 Å². The molecule has 0 aliphatic carbocycles. The Balaban J connectivity index is 2.47. The number of nitrogens with zero attached hydrogens (tertiary/aromatic N) is 1. The Bertz CT molecular complexity index is 543. The third-order valence-corrected chi connectivity index (χ3v) is 2.11. The van der Waals surface area contributed by atoms with E-state index in [0.29, 0.717) is 5.56 Å². The zero-order valence-electron chi connectivity index (χ0n) is 8.08. The normalized spacial score (nSPS) is 12.2. The largest absolute Gasteiger partial charge is 0.480 e. The molecule has 1 aromatic carbocycles. The average molecular weight is 220 g/mol. The van der Waals surface area contributed by atoms with Crippen molar-refractivity contribution in [2.45, 2.75) is 5.92 Å². The quantitative estimate of drug-likeness (QED) is 0.788. The van der Waals surface area contributed by atoms with E-state index in [1.165, 1.54) is 0 Å². The molecule has 0 aliphatic heterocycles. The van der Waals surface area contributed by atoms with Gasteiger partial charge in [-0.3, -0.25) is 14.3 Å². The lowest BCUT2D eigenvalue weighted by Crippen LogP contribution is -2.15. The summed E-state index contributed by atoms with van der Waals surface area (Å²) in [5.74, 6) is -2.90. The molecule has 0 bridgehead atoms. The van der Waals surface area contributed by atoms with Crippen LogP contribution in [0.1, 0.15) is 17.3 Å². The molecule has 0 fully saturated rings. The minimum atomic E-state index is -1.10. The lowest BCUT2D eigenvalue weighted by atomic mass is 9.99. The van der Waals surface area contributed by atoms with Gasteiger partial charge in [-0.25, -0.2) is 4.79 Å². The molecular formula is C10H8N2O4. The van der Waals surface area contributed by atoms with Crippen LogP contribution >= 0.6 is 0 Å². The van der Waals surface area contributed by atoms with E-state index in [9.17, 15) is 9.59 Å². The number of benzene rings is 1. The number of carboxylic acids is 1. The molecule has 0 radical (unpaired) electrons. The SMILES string of the molecule is O=C(O)C(c1ccccc1)c1noc(=O)[nH]1. The number of H-pyrrole nitrogens is 1. The minimum absolute atomic E-state index is 0.0105. The van der Waals surface area contributed by atoms with E-state index < -0.39 is 17.6 Å². The van der Waals surface area contributed by atoms with Crippen LogP contribution in [0.4, 0.5) is 0 Å². The van der Waals surface area contributed by atoms with Crippen molar-refractivity contribution in [3.8, 4) is 0 Å². The molecule has 82 valence electrons. The fourth-order valence-electron chi connectivity index (χ4n) is 1.43. The van der Waals surface area contributed by atoms with Crippen LogP contribution in [0.2, 0.25) is 0 Å². The maximum absolute atomic E-state index is 11.1. The summed E-state index contributed by atoms with van der Waals surface area (Å²) in [5.41, 5.74) is 0.527. The van der Waals surface area contributed by atoms with E-state index in [1.54, 1.807) is 30.3 Å². The van der Waals surface area contributed by atoms with Gasteiger partial charge in [-0.05, 0) is 5.56 Å². The van der Waals surface area contributed by atoms with Gasteiger partial charge in [0.05, 0.1) is 0 Å². The molecule has 0 saturated carbocycles. The number of aromatic nitrogens is 2. The van der Waals surface area contributed by atoms with Gasteiger partial charge >= 0.3 is 11.7 Å². The number of carboxylic acid groups (broad SMARTS) is 1. The summed E-state index contributed by atoms with van der Waals surface area (Å²) in [6.45, 7) is 0. The number of aromatic amines is 1. The predicted octanol–water partition coefficient (Wildman–Crippen LogP) is 0.579. The van der Waals surface area contributed by atoms with Crippen molar-refractivity contribution in [1.29, 1.82) is 0 Å². The van der Waals surface area contributed by atoms with Crippen LogP contribution in [-0.4, -0.2) is 21.2 Å². The van der Waals surface area contributed by atoms with Gasteiger partial charge in [0.2, 0.25) is 0 Å². The number of carbonyl (C=O) groups is 1. The van der Waals surface area contributed by atoms with E-state index in [4.69, 9.17) is 5.11 Å². The second-order valence-electron chi connectivity index (χ2n) is 3.16. The van der Waals surface area contributed by atoms with Crippen LogP contribution in [0.5, 0.6) is 0 Å². The van der Waals surface area contributed by atoms with E-state index >= 15 is 0 Å². The Kier molecular flexibility index (Phi) is 2.55. The van der Waals surface area contributed by atoms with Crippen molar-refractivity contribution in [2.75, 3.05) is 0 Å². The lowest BCUT2D eigenvalue weighted by Gasteiger charge is -2.07. The van der Waals surface area contributed by atoms with Gasteiger partial charge in [0.1, 0.15) is 5.92 Å². The third-order valence-electron chi connectivity index (χ3n) is 2.11. The minimum Gasteiger partial charge on any atom is -0.480 e. The highest BCUT2D eigenvalue weighted by Gasteiger charge is 2.25. The summed E-state index contributed by atoms with van der Waals surface area (Å²) >= 11 is 0. The molecule has 2 aromatic rings. The molecule has 1 aromatic heterocycles. The van der Waals surface area contributed by atoms with Crippen molar-refractivity contribution in [3.63, 3.8) is 0 Å². The van der Waals surface area contributed by atoms with Gasteiger partial charge in [0.25, 0.3) is 0 Å². The molecule has 0 amide bonds. The number of hydrogen-bond acceptors (Lipinski definition) is 4. The van der Waals surface area contributed by atoms with Gasteiger partial charge in [-0.15, -0.1) is 0 Å². The molecule has 0 aliphatic rings. The summed E-state index contributed by atoms with van der Waals surface area (Å²) < 4.78 is 4.29. The maximum atomic E-state index is 11.1. The van der Waals surface area contributed by atoms with Crippen LogP contribution in [0, 0.1) is 0 Å². The van der Waals surface area contributed by atoms with E-state index in [1.807, 2.05) is 0 Å². The topological polar surface area (TPSA) is 96.2 Å². The summed E-state index contributed by atoms with van der Waals surface area (Å²) in [4.78, 5) is 24.1. The van der Waals surface area contributed by atoms with Crippen LogP contribution in [-0.2, 0) is 4.79 Å². The van der Waals surface area contributed by atoms with Crippen LogP contribution < -0.4 is 5.76 Å². The summed E-state index contributed by atoms with van der Waals surface area (Å²) in [6.07, 6.45) is 0. The Morgan fingerprint density at radius 2 is 2.06 bits per heavy atom. The van der Waals surface area contributed by atoms with Crippen LogP contribution in [0.25, 0.3) is 0 Å². The first-order valence-corrected chi connectivity index (χ1v) is 4.52. The van der Waals surface area contributed by atoms with Crippen LogP contribution in [0.3, 0.4) is 0 Å². The molecule has 6 heteroatoms. The van der Waals surface area contributed by atoms with Gasteiger partial charge in [-0.1, -0.05) is 35.5 Å². The van der Waals surface area contributed by atoms with Crippen molar-refractivity contribution >= 4 is 5.97 Å². The fraction of sp³-hybridized carbons (Fsp3) is 0.100. The zero-order valence-corrected chi connectivity index (χ0v) is 8.08. The van der Waals surface area contributed by atoms with E-state index in [0.717, 1.165) is 0 Å². The summed E-state index contributed by atoms with van der Waals surface area (Å²) in [7, 11) is 0. The first kappa shape index (κ1) is 10.2. The first-order valence-electron chi connectivity index (χ1n) is 4.52. The monoisotopic (exact) mass is 220 g/mol. The summed E-state index contributed by atoms with van der Waals surface area (Å²) in [6, 6.07) is 8.48. The van der Waals surface area contributed by atoms with Gasteiger partial charge in [0, 0.05) is 0 Å². The first-order chi connectivity index (χ1) is 7.68. The van der Waals surface area contributed by atoms with Gasteiger partial charge in [-0.2, -0.15) is 0 Å². The second kappa shape index (κ2) is 4.01. The second-order valence-corrected chi connectivity index (χ2v) is 3.16. The predicted molar refractivity (Wildman–Crippen MR) is 53.0 cm³/mol. The van der Waals surface area contributed by atoms with Crippen molar-refractivity contribution in [1.82, 2.24) is 10.1 Å². The Morgan fingerprint density at radius 1 is 1.38 bits per heavy atom. The van der Waals surface area contributed by atoms with Crippen molar-refractivity contribution in [3.05, 3.63) is 52.3 Å².